The first kappa shape index (κ1) is 17.5. The van der Waals surface area contributed by atoms with Gasteiger partial charge in [-0.15, -0.1) is 0 Å². The molecule has 0 saturated carbocycles. The summed E-state index contributed by atoms with van der Waals surface area (Å²) in [4.78, 5) is 24.1. The minimum Gasteiger partial charge on any atom is -0.497 e. The van der Waals surface area contributed by atoms with Crippen LogP contribution in [0.3, 0.4) is 0 Å². The Labute approximate surface area is 161 Å². The number of benzene rings is 2. The molecule has 0 spiro atoms. The Kier molecular flexibility index (Phi) is 4.63. The molecule has 2 aromatic carbocycles. The topological polar surface area (TPSA) is 89.1 Å². The normalized spacial score (nSPS) is 10.6. The standard InChI is InChI=1S/C21H18N4O3/c1-27-16-9-13(10-17(12-16)28-2)20-24-19-4-3-15(11-18(19)21(26)25-20)23-14-5-7-22-8-6-14/h3-12H,1-2H3,(H,22,23)(H,24,25,26). The summed E-state index contributed by atoms with van der Waals surface area (Å²) in [7, 11) is 3.15. The molecular weight excluding hydrogens is 356 g/mol. The Morgan fingerprint density at radius 3 is 2.29 bits per heavy atom. The SMILES string of the molecule is COc1cc(OC)cc(-c2nc3ccc(Nc4ccncc4)cc3c(=O)[nH]2)c1. The van der Waals surface area contributed by atoms with Gasteiger partial charge >= 0.3 is 0 Å². The number of fused-ring (bicyclic) bond motifs is 1. The fourth-order valence-corrected chi connectivity index (χ4v) is 2.90. The molecule has 140 valence electrons. The number of pyridine rings is 1. The first-order valence-electron chi connectivity index (χ1n) is 8.61. The van der Waals surface area contributed by atoms with Crippen molar-refractivity contribution in [3.63, 3.8) is 0 Å². The molecular formula is C21H18N4O3. The van der Waals surface area contributed by atoms with E-state index in [2.05, 4.69) is 20.3 Å². The highest BCUT2D eigenvalue weighted by molar-refractivity contribution is 5.84. The largest absolute Gasteiger partial charge is 0.497 e. The second-order valence-corrected chi connectivity index (χ2v) is 6.11. The molecule has 0 bridgehead atoms. The summed E-state index contributed by atoms with van der Waals surface area (Å²) < 4.78 is 10.6. The van der Waals surface area contributed by atoms with E-state index in [0.717, 1.165) is 11.4 Å². The zero-order chi connectivity index (χ0) is 19.5. The van der Waals surface area contributed by atoms with E-state index in [9.17, 15) is 4.79 Å². The summed E-state index contributed by atoms with van der Waals surface area (Å²) in [6.07, 6.45) is 3.40. The van der Waals surface area contributed by atoms with Gasteiger partial charge in [-0.1, -0.05) is 0 Å². The molecule has 0 aliphatic rings. The van der Waals surface area contributed by atoms with Crippen molar-refractivity contribution >= 4 is 22.3 Å². The van der Waals surface area contributed by atoms with Crippen molar-refractivity contribution in [2.75, 3.05) is 19.5 Å². The van der Waals surface area contributed by atoms with Gasteiger partial charge in [-0.2, -0.15) is 0 Å². The lowest BCUT2D eigenvalue weighted by Crippen LogP contribution is -2.10. The lowest BCUT2D eigenvalue weighted by Gasteiger charge is -2.10. The molecule has 0 aliphatic carbocycles. The number of hydrogen-bond donors (Lipinski definition) is 2. The van der Waals surface area contributed by atoms with Crippen LogP contribution in [0.4, 0.5) is 11.4 Å². The van der Waals surface area contributed by atoms with Crippen LogP contribution in [0.1, 0.15) is 0 Å². The third-order valence-electron chi connectivity index (χ3n) is 4.30. The highest BCUT2D eigenvalue weighted by Gasteiger charge is 2.10. The molecule has 0 saturated heterocycles. The molecule has 2 aromatic heterocycles. The summed E-state index contributed by atoms with van der Waals surface area (Å²) in [6, 6.07) is 14.5. The van der Waals surface area contributed by atoms with E-state index in [4.69, 9.17) is 9.47 Å². The Bertz CT molecular complexity index is 1170. The van der Waals surface area contributed by atoms with Crippen molar-refractivity contribution < 1.29 is 9.47 Å². The Balaban J connectivity index is 1.75. The molecule has 4 aromatic rings. The van der Waals surface area contributed by atoms with Gasteiger partial charge < -0.3 is 19.8 Å². The summed E-state index contributed by atoms with van der Waals surface area (Å²) >= 11 is 0. The van der Waals surface area contributed by atoms with Crippen LogP contribution in [0.5, 0.6) is 11.5 Å². The van der Waals surface area contributed by atoms with E-state index in [1.807, 2.05) is 24.3 Å². The van der Waals surface area contributed by atoms with Gasteiger partial charge in [0.2, 0.25) is 0 Å². The number of anilines is 2. The van der Waals surface area contributed by atoms with Crippen molar-refractivity contribution in [3.8, 4) is 22.9 Å². The van der Waals surface area contributed by atoms with E-state index < -0.39 is 0 Å². The number of nitrogens with one attached hydrogen (secondary N) is 2. The number of aromatic amines is 1. The zero-order valence-corrected chi connectivity index (χ0v) is 15.4. The molecule has 0 fully saturated rings. The monoisotopic (exact) mass is 374 g/mol. The van der Waals surface area contributed by atoms with Crippen LogP contribution in [0.2, 0.25) is 0 Å². The predicted octanol–water partition coefficient (Wildman–Crippen LogP) is 3.75. The van der Waals surface area contributed by atoms with Crippen LogP contribution in [0, 0.1) is 0 Å². The van der Waals surface area contributed by atoms with E-state index in [1.54, 1.807) is 50.9 Å². The maximum absolute atomic E-state index is 12.7. The van der Waals surface area contributed by atoms with Crippen molar-refractivity contribution in [1.82, 2.24) is 15.0 Å². The van der Waals surface area contributed by atoms with Crippen LogP contribution in [0.25, 0.3) is 22.3 Å². The molecule has 7 nitrogen and oxygen atoms in total. The van der Waals surface area contributed by atoms with Crippen molar-refractivity contribution in [1.29, 1.82) is 0 Å². The van der Waals surface area contributed by atoms with E-state index >= 15 is 0 Å². The molecule has 4 rings (SSSR count). The molecule has 7 heteroatoms. The van der Waals surface area contributed by atoms with Crippen LogP contribution >= 0.6 is 0 Å². The van der Waals surface area contributed by atoms with E-state index in [0.29, 0.717) is 33.8 Å². The average Bonchev–Trinajstić information content (AvgIpc) is 2.74. The molecule has 0 atom stereocenters. The molecule has 2 heterocycles. The maximum Gasteiger partial charge on any atom is 0.259 e. The second kappa shape index (κ2) is 7.40. The van der Waals surface area contributed by atoms with Gasteiger partial charge in [-0.05, 0) is 42.5 Å². The number of aromatic nitrogens is 3. The minimum atomic E-state index is -0.222. The molecule has 0 amide bonds. The number of hydrogen-bond acceptors (Lipinski definition) is 6. The van der Waals surface area contributed by atoms with Crippen molar-refractivity contribution in [2.45, 2.75) is 0 Å². The van der Waals surface area contributed by atoms with E-state index in [-0.39, 0.29) is 5.56 Å². The Hall–Kier alpha value is -3.87. The molecule has 0 radical (unpaired) electrons. The Morgan fingerprint density at radius 1 is 0.893 bits per heavy atom. The number of methoxy groups -OCH3 is 2. The highest BCUT2D eigenvalue weighted by atomic mass is 16.5. The van der Waals surface area contributed by atoms with E-state index in [1.165, 1.54) is 0 Å². The molecule has 2 N–H and O–H groups in total. The number of nitrogens with zero attached hydrogens (tertiary/aromatic N) is 2. The summed E-state index contributed by atoms with van der Waals surface area (Å²) in [5, 5.41) is 3.74. The third-order valence-corrected chi connectivity index (χ3v) is 4.30. The number of ether oxygens (including phenoxy) is 2. The quantitative estimate of drug-likeness (QED) is 0.553. The van der Waals surface area contributed by atoms with Crippen molar-refractivity contribution in [3.05, 3.63) is 71.3 Å². The van der Waals surface area contributed by atoms with Crippen LogP contribution in [-0.2, 0) is 0 Å². The second-order valence-electron chi connectivity index (χ2n) is 6.11. The molecule has 28 heavy (non-hydrogen) atoms. The Morgan fingerprint density at radius 2 is 1.61 bits per heavy atom. The smallest absolute Gasteiger partial charge is 0.259 e. The zero-order valence-electron chi connectivity index (χ0n) is 15.4. The van der Waals surface area contributed by atoms with Gasteiger partial charge in [0.25, 0.3) is 5.56 Å². The lowest BCUT2D eigenvalue weighted by atomic mass is 10.1. The van der Waals surface area contributed by atoms with Crippen LogP contribution in [-0.4, -0.2) is 29.2 Å². The van der Waals surface area contributed by atoms with Gasteiger partial charge in [0.05, 0.1) is 25.1 Å². The summed E-state index contributed by atoms with van der Waals surface area (Å²) in [5.41, 5.74) is 2.76. The fourth-order valence-electron chi connectivity index (χ4n) is 2.90. The van der Waals surface area contributed by atoms with Crippen LogP contribution in [0.15, 0.2) is 65.7 Å². The average molecular weight is 374 g/mol. The number of H-pyrrole nitrogens is 1. The van der Waals surface area contributed by atoms with Gasteiger partial charge in [-0.3, -0.25) is 9.78 Å². The van der Waals surface area contributed by atoms with Gasteiger partial charge in [0.15, 0.2) is 0 Å². The first-order valence-corrected chi connectivity index (χ1v) is 8.61. The van der Waals surface area contributed by atoms with Gasteiger partial charge in [-0.25, -0.2) is 4.98 Å². The van der Waals surface area contributed by atoms with Crippen LogP contribution < -0.4 is 20.3 Å². The lowest BCUT2D eigenvalue weighted by molar-refractivity contribution is 0.394. The minimum absolute atomic E-state index is 0.222. The molecule has 0 aliphatic heterocycles. The highest BCUT2D eigenvalue weighted by Crippen LogP contribution is 2.28. The van der Waals surface area contributed by atoms with Gasteiger partial charge in [0.1, 0.15) is 17.3 Å². The third kappa shape index (κ3) is 3.50. The predicted molar refractivity (Wildman–Crippen MR) is 108 cm³/mol. The first-order chi connectivity index (χ1) is 13.7. The molecule has 0 unspecified atom stereocenters. The van der Waals surface area contributed by atoms with Gasteiger partial charge in [0, 0.05) is 35.4 Å². The maximum atomic E-state index is 12.7. The van der Waals surface area contributed by atoms with Crippen molar-refractivity contribution in [2.24, 2.45) is 0 Å². The summed E-state index contributed by atoms with van der Waals surface area (Å²) in [5.74, 6) is 1.69. The number of rotatable bonds is 5. The fraction of sp³-hybridized carbons (Fsp3) is 0.0952. The summed E-state index contributed by atoms with van der Waals surface area (Å²) in [6.45, 7) is 0.